The van der Waals surface area contributed by atoms with E-state index < -0.39 is 0 Å². The Morgan fingerprint density at radius 3 is 2.42 bits per heavy atom. The molecule has 1 N–H and O–H groups in total. The van der Waals surface area contributed by atoms with Crippen molar-refractivity contribution in [3.8, 4) is 0 Å². The van der Waals surface area contributed by atoms with Gasteiger partial charge in [-0.15, -0.1) is 35.3 Å². The fourth-order valence-corrected chi connectivity index (χ4v) is 3.52. The van der Waals surface area contributed by atoms with Crippen LogP contribution in [0.3, 0.4) is 0 Å². The minimum absolute atomic E-state index is 0. The van der Waals surface area contributed by atoms with E-state index in [0.717, 1.165) is 45.2 Å². The van der Waals surface area contributed by atoms with Gasteiger partial charge in [0.05, 0.1) is 6.54 Å². The van der Waals surface area contributed by atoms with Crippen LogP contribution in [0.1, 0.15) is 32.6 Å². The Kier molecular flexibility index (Phi) is 8.49. The minimum Gasteiger partial charge on any atom is -0.357 e. The molecule has 0 aromatic carbocycles. The third-order valence-corrected chi connectivity index (χ3v) is 5.41. The van der Waals surface area contributed by atoms with Gasteiger partial charge in [-0.25, -0.2) is 0 Å². The lowest BCUT2D eigenvalue weighted by Crippen LogP contribution is -2.53. The van der Waals surface area contributed by atoms with Crippen LogP contribution in [0.15, 0.2) is 22.5 Å². The summed E-state index contributed by atoms with van der Waals surface area (Å²) in [7, 11) is 0. The highest BCUT2D eigenvalue weighted by Crippen LogP contribution is 2.27. The topological polar surface area (TPSA) is 47.9 Å². The van der Waals surface area contributed by atoms with Gasteiger partial charge >= 0.3 is 0 Å². The van der Waals surface area contributed by atoms with E-state index in [-0.39, 0.29) is 35.3 Å². The number of hydrogen-bond donors (Lipinski definition) is 1. The van der Waals surface area contributed by atoms with Gasteiger partial charge in [0.15, 0.2) is 5.96 Å². The molecule has 1 saturated heterocycles. The number of aliphatic imine (C=N–C) groups is 1. The third-order valence-electron chi connectivity index (χ3n) is 4.17. The molecule has 5 nitrogen and oxygen atoms in total. The molecular formula is C17H29IN4OS. The van der Waals surface area contributed by atoms with Crippen molar-refractivity contribution in [3.05, 3.63) is 22.4 Å². The molecule has 0 aliphatic carbocycles. The lowest BCUT2D eigenvalue weighted by molar-refractivity contribution is -0.130. The first-order valence-electron chi connectivity index (χ1n) is 8.27. The van der Waals surface area contributed by atoms with Gasteiger partial charge in [-0.3, -0.25) is 9.79 Å². The second-order valence-electron chi connectivity index (χ2n) is 6.52. The van der Waals surface area contributed by atoms with E-state index >= 15 is 0 Å². The number of rotatable bonds is 4. The van der Waals surface area contributed by atoms with Crippen molar-refractivity contribution in [2.75, 3.05) is 39.3 Å². The van der Waals surface area contributed by atoms with Crippen LogP contribution in [0.4, 0.5) is 0 Å². The standard InChI is InChI=1S/C17H28N4OS.HI/c1-5-18-16(21-10-8-20(9-11-21)14(2)22)19-13-17(3,4)15-7-6-12-23-15;/h6-7,12H,5,8-11,13H2,1-4H3,(H,18,19);1H. The maximum absolute atomic E-state index is 11.5. The monoisotopic (exact) mass is 464 g/mol. The van der Waals surface area contributed by atoms with Gasteiger partial charge in [0.25, 0.3) is 0 Å². The molecule has 0 unspecified atom stereocenters. The Labute approximate surface area is 166 Å². The summed E-state index contributed by atoms with van der Waals surface area (Å²) in [6.07, 6.45) is 0. The predicted octanol–water partition coefficient (Wildman–Crippen LogP) is 2.77. The van der Waals surface area contributed by atoms with Crippen LogP contribution in [0.25, 0.3) is 0 Å². The van der Waals surface area contributed by atoms with Crippen LogP contribution >= 0.6 is 35.3 Å². The van der Waals surface area contributed by atoms with Gasteiger partial charge in [-0.2, -0.15) is 0 Å². The van der Waals surface area contributed by atoms with Crippen LogP contribution in [-0.2, 0) is 10.2 Å². The van der Waals surface area contributed by atoms with E-state index in [2.05, 4.69) is 48.5 Å². The van der Waals surface area contributed by atoms with Crippen molar-refractivity contribution in [2.24, 2.45) is 4.99 Å². The Bertz CT molecular complexity index is 537. The van der Waals surface area contributed by atoms with E-state index in [9.17, 15) is 4.79 Å². The van der Waals surface area contributed by atoms with E-state index in [1.54, 1.807) is 18.3 Å². The molecular weight excluding hydrogens is 435 g/mol. The van der Waals surface area contributed by atoms with E-state index in [1.165, 1.54) is 4.88 Å². The van der Waals surface area contributed by atoms with Crippen molar-refractivity contribution in [2.45, 2.75) is 33.1 Å². The first-order chi connectivity index (χ1) is 10.9. The molecule has 1 aliphatic rings. The van der Waals surface area contributed by atoms with Crippen LogP contribution in [0.2, 0.25) is 0 Å². The SMILES string of the molecule is CCNC(=NCC(C)(C)c1cccs1)N1CCN(C(C)=O)CC1.I. The number of amides is 1. The Hall–Kier alpha value is -0.830. The number of halogens is 1. The van der Waals surface area contributed by atoms with Gasteiger partial charge in [0.1, 0.15) is 0 Å². The number of thiophene rings is 1. The zero-order valence-electron chi connectivity index (χ0n) is 15.0. The van der Waals surface area contributed by atoms with Crippen molar-refractivity contribution in [1.82, 2.24) is 15.1 Å². The summed E-state index contributed by atoms with van der Waals surface area (Å²) in [6.45, 7) is 13.0. The molecule has 0 bridgehead atoms. The van der Waals surface area contributed by atoms with Crippen LogP contribution in [0, 0.1) is 0 Å². The number of carbonyl (C=O) groups is 1. The fraction of sp³-hybridized carbons (Fsp3) is 0.647. The summed E-state index contributed by atoms with van der Waals surface area (Å²) in [6, 6.07) is 4.27. The second kappa shape index (κ2) is 9.60. The Morgan fingerprint density at radius 1 is 1.29 bits per heavy atom. The van der Waals surface area contributed by atoms with Crippen LogP contribution < -0.4 is 5.32 Å². The Morgan fingerprint density at radius 2 is 1.92 bits per heavy atom. The van der Waals surface area contributed by atoms with Crippen molar-refractivity contribution in [3.63, 3.8) is 0 Å². The van der Waals surface area contributed by atoms with Crippen molar-refractivity contribution >= 4 is 47.2 Å². The summed E-state index contributed by atoms with van der Waals surface area (Å²) < 4.78 is 0. The number of nitrogens with one attached hydrogen (secondary N) is 1. The first-order valence-corrected chi connectivity index (χ1v) is 9.15. The predicted molar refractivity (Wildman–Crippen MR) is 113 cm³/mol. The van der Waals surface area contributed by atoms with Gasteiger partial charge < -0.3 is 15.1 Å². The fourth-order valence-electron chi connectivity index (χ4n) is 2.67. The molecule has 1 fully saturated rings. The molecule has 24 heavy (non-hydrogen) atoms. The molecule has 136 valence electrons. The molecule has 0 atom stereocenters. The minimum atomic E-state index is 0. The zero-order chi connectivity index (χ0) is 16.9. The molecule has 0 radical (unpaired) electrons. The van der Waals surface area contributed by atoms with E-state index in [0.29, 0.717) is 0 Å². The third kappa shape index (κ3) is 5.61. The summed E-state index contributed by atoms with van der Waals surface area (Å²) >= 11 is 1.79. The lowest BCUT2D eigenvalue weighted by Gasteiger charge is -2.36. The zero-order valence-corrected chi connectivity index (χ0v) is 18.2. The smallest absolute Gasteiger partial charge is 0.219 e. The van der Waals surface area contributed by atoms with Crippen molar-refractivity contribution < 1.29 is 4.79 Å². The number of piperazine rings is 1. The molecule has 0 spiro atoms. The first kappa shape index (κ1) is 21.2. The molecule has 1 amide bonds. The molecule has 0 saturated carbocycles. The van der Waals surface area contributed by atoms with E-state index in [4.69, 9.17) is 4.99 Å². The molecule has 1 aromatic rings. The largest absolute Gasteiger partial charge is 0.357 e. The summed E-state index contributed by atoms with van der Waals surface area (Å²) in [5, 5.41) is 5.51. The number of carbonyl (C=O) groups excluding carboxylic acids is 1. The second-order valence-corrected chi connectivity index (χ2v) is 7.47. The summed E-state index contributed by atoms with van der Waals surface area (Å²) in [5.74, 6) is 1.12. The maximum atomic E-state index is 11.5. The molecule has 1 aliphatic heterocycles. The highest BCUT2D eigenvalue weighted by atomic mass is 127. The lowest BCUT2D eigenvalue weighted by atomic mass is 9.92. The molecule has 7 heteroatoms. The Balaban J connectivity index is 0.00000288. The van der Waals surface area contributed by atoms with Gasteiger partial charge in [0, 0.05) is 49.9 Å². The van der Waals surface area contributed by atoms with Gasteiger partial charge in [-0.1, -0.05) is 19.9 Å². The summed E-state index contributed by atoms with van der Waals surface area (Å²) in [5.41, 5.74) is 0.0377. The molecule has 2 heterocycles. The number of hydrogen-bond acceptors (Lipinski definition) is 3. The highest BCUT2D eigenvalue weighted by Gasteiger charge is 2.24. The number of guanidine groups is 1. The van der Waals surface area contributed by atoms with Gasteiger partial charge in [0.2, 0.25) is 5.91 Å². The van der Waals surface area contributed by atoms with E-state index in [1.807, 2.05) is 4.90 Å². The van der Waals surface area contributed by atoms with Crippen LogP contribution in [-0.4, -0.2) is 60.9 Å². The normalized spacial score (nSPS) is 15.9. The maximum Gasteiger partial charge on any atom is 0.219 e. The average molecular weight is 464 g/mol. The average Bonchev–Trinajstić information content (AvgIpc) is 3.07. The molecule has 2 rings (SSSR count). The molecule has 1 aromatic heterocycles. The van der Waals surface area contributed by atoms with Crippen LogP contribution in [0.5, 0.6) is 0 Å². The highest BCUT2D eigenvalue weighted by molar-refractivity contribution is 14.0. The van der Waals surface area contributed by atoms with Crippen molar-refractivity contribution in [1.29, 1.82) is 0 Å². The summed E-state index contributed by atoms with van der Waals surface area (Å²) in [4.78, 5) is 21.8. The number of nitrogens with zero attached hydrogens (tertiary/aromatic N) is 3. The van der Waals surface area contributed by atoms with Gasteiger partial charge in [-0.05, 0) is 18.4 Å². The quantitative estimate of drug-likeness (QED) is 0.424.